The quantitative estimate of drug-likeness (QED) is 0.572. The molecule has 2 rings (SSSR count). The first-order valence-electron chi connectivity index (χ1n) is 7.88. The predicted octanol–water partition coefficient (Wildman–Crippen LogP) is 1.35. The molecule has 0 spiro atoms. The lowest BCUT2D eigenvalue weighted by Crippen LogP contribution is -2.43. The number of methoxy groups -OCH3 is 1. The number of hydrogen-bond acceptors (Lipinski definition) is 7. The van der Waals surface area contributed by atoms with E-state index in [2.05, 4.69) is 10.2 Å². The second kappa shape index (κ2) is 8.59. The number of aliphatic hydroxyl groups is 1. The molecule has 1 fully saturated rings. The highest BCUT2D eigenvalue weighted by Crippen LogP contribution is 2.24. The zero-order valence-electron chi connectivity index (χ0n) is 13.6. The molecule has 0 aromatic heterocycles. The Labute approximate surface area is 140 Å². The number of ether oxygens (including phenoxy) is 1. The van der Waals surface area contributed by atoms with Crippen molar-refractivity contribution in [3.05, 3.63) is 33.9 Å². The van der Waals surface area contributed by atoms with E-state index < -0.39 is 11.0 Å². The van der Waals surface area contributed by atoms with E-state index in [1.54, 1.807) is 13.2 Å². The summed E-state index contributed by atoms with van der Waals surface area (Å²) in [5, 5.41) is 33.0. The van der Waals surface area contributed by atoms with Gasteiger partial charge in [0.2, 0.25) is 0 Å². The van der Waals surface area contributed by atoms with Gasteiger partial charge in [-0.15, -0.1) is 0 Å². The standard InChI is InChI=1S/C16H22N4O4/c1-24-11-15(21)10-19-6-4-13(5-7-19)18-16-3-2-14(20(22)23)8-12(16)9-17/h2-3,8,13,15,18,21H,4-7,10-11H2,1H3. The van der Waals surface area contributed by atoms with Gasteiger partial charge in [-0.1, -0.05) is 0 Å². The predicted molar refractivity (Wildman–Crippen MR) is 88.8 cm³/mol. The highest BCUT2D eigenvalue weighted by molar-refractivity contribution is 5.61. The number of aliphatic hydroxyl groups excluding tert-OH is 1. The van der Waals surface area contributed by atoms with Crippen LogP contribution in [0.3, 0.4) is 0 Å². The van der Waals surface area contributed by atoms with Crippen molar-refractivity contribution in [1.82, 2.24) is 4.90 Å². The Hall–Kier alpha value is -2.21. The van der Waals surface area contributed by atoms with Crippen LogP contribution >= 0.6 is 0 Å². The number of nitro benzene ring substituents is 1. The van der Waals surface area contributed by atoms with E-state index in [4.69, 9.17) is 4.74 Å². The first-order chi connectivity index (χ1) is 11.5. The number of non-ortho nitro benzene ring substituents is 1. The highest BCUT2D eigenvalue weighted by Gasteiger charge is 2.22. The largest absolute Gasteiger partial charge is 0.389 e. The van der Waals surface area contributed by atoms with E-state index in [1.807, 2.05) is 6.07 Å². The van der Waals surface area contributed by atoms with E-state index in [9.17, 15) is 20.5 Å². The Morgan fingerprint density at radius 2 is 2.25 bits per heavy atom. The Bertz CT molecular complexity index is 609. The molecule has 1 aliphatic rings. The van der Waals surface area contributed by atoms with Crippen molar-refractivity contribution in [2.75, 3.05) is 38.7 Å². The fourth-order valence-corrected chi connectivity index (χ4v) is 2.89. The number of piperidine rings is 1. The number of likely N-dealkylation sites (tertiary alicyclic amines) is 1. The van der Waals surface area contributed by atoms with Crippen molar-refractivity contribution in [2.45, 2.75) is 25.0 Å². The van der Waals surface area contributed by atoms with Gasteiger partial charge in [0.1, 0.15) is 6.07 Å². The molecule has 0 radical (unpaired) electrons. The number of benzene rings is 1. The van der Waals surface area contributed by atoms with Gasteiger partial charge in [-0.05, 0) is 18.9 Å². The molecule has 24 heavy (non-hydrogen) atoms. The molecule has 1 heterocycles. The topological polar surface area (TPSA) is 112 Å². The van der Waals surface area contributed by atoms with Gasteiger partial charge in [0.25, 0.3) is 5.69 Å². The van der Waals surface area contributed by atoms with Crippen LogP contribution in [-0.4, -0.2) is 60.4 Å². The fraction of sp³-hybridized carbons (Fsp3) is 0.562. The fourth-order valence-electron chi connectivity index (χ4n) is 2.89. The van der Waals surface area contributed by atoms with Crippen molar-refractivity contribution in [3.8, 4) is 6.07 Å². The summed E-state index contributed by atoms with van der Waals surface area (Å²) in [6.45, 7) is 2.59. The zero-order chi connectivity index (χ0) is 17.5. The molecular formula is C16H22N4O4. The molecule has 0 saturated carbocycles. The molecule has 1 saturated heterocycles. The molecule has 1 aliphatic heterocycles. The highest BCUT2D eigenvalue weighted by atomic mass is 16.6. The van der Waals surface area contributed by atoms with Gasteiger partial charge in [0, 0.05) is 44.9 Å². The van der Waals surface area contributed by atoms with Crippen LogP contribution in [0, 0.1) is 21.4 Å². The average molecular weight is 334 g/mol. The first-order valence-corrected chi connectivity index (χ1v) is 7.88. The Morgan fingerprint density at radius 1 is 1.54 bits per heavy atom. The molecule has 1 atom stereocenters. The van der Waals surface area contributed by atoms with Crippen molar-refractivity contribution in [1.29, 1.82) is 5.26 Å². The van der Waals surface area contributed by atoms with Crippen LogP contribution in [0.4, 0.5) is 11.4 Å². The van der Waals surface area contributed by atoms with Crippen LogP contribution in [0.25, 0.3) is 0 Å². The van der Waals surface area contributed by atoms with Gasteiger partial charge >= 0.3 is 0 Å². The summed E-state index contributed by atoms with van der Waals surface area (Å²) >= 11 is 0. The van der Waals surface area contributed by atoms with Gasteiger partial charge in [-0.2, -0.15) is 5.26 Å². The smallest absolute Gasteiger partial charge is 0.270 e. The maximum atomic E-state index is 10.8. The monoisotopic (exact) mass is 334 g/mol. The summed E-state index contributed by atoms with van der Waals surface area (Å²) in [5.74, 6) is 0. The van der Waals surface area contributed by atoms with Gasteiger partial charge in [-0.3, -0.25) is 10.1 Å². The Morgan fingerprint density at radius 3 is 2.83 bits per heavy atom. The van der Waals surface area contributed by atoms with Crippen LogP contribution < -0.4 is 5.32 Å². The first kappa shape index (κ1) is 18.1. The van der Waals surface area contributed by atoms with E-state index in [0.717, 1.165) is 25.9 Å². The van der Waals surface area contributed by atoms with Crippen molar-refractivity contribution >= 4 is 11.4 Å². The van der Waals surface area contributed by atoms with E-state index >= 15 is 0 Å². The van der Waals surface area contributed by atoms with Gasteiger partial charge in [0.05, 0.1) is 28.9 Å². The number of nitrogens with zero attached hydrogens (tertiary/aromatic N) is 3. The molecule has 8 nitrogen and oxygen atoms in total. The van der Waals surface area contributed by atoms with Crippen molar-refractivity contribution in [3.63, 3.8) is 0 Å². The summed E-state index contributed by atoms with van der Waals surface area (Å²) in [4.78, 5) is 12.5. The Balaban J connectivity index is 1.90. The molecule has 1 aromatic carbocycles. The lowest BCUT2D eigenvalue weighted by atomic mass is 10.0. The molecule has 0 bridgehead atoms. The normalized spacial score (nSPS) is 17.2. The summed E-state index contributed by atoms with van der Waals surface area (Å²) in [6, 6.07) is 6.49. The van der Waals surface area contributed by atoms with Crippen LogP contribution in [0.2, 0.25) is 0 Å². The molecule has 1 aromatic rings. The van der Waals surface area contributed by atoms with E-state index in [0.29, 0.717) is 18.8 Å². The number of hydrogen-bond donors (Lipinski definition) is 2. The number of rotatable bonds is 7. The van der Waals surface area contributed by atoms with Gasteiger partial charge in [0.15, 0.2) is 0 Å². The third-order valence-corrected chi connectivity index (χ3v) is 4.11. The average Bonchev–Trinajstić information content (AvgIpc) is 2.57. The number of β-amino-alcohol motifs (C(OH)–C–C–N with tert-alkyl or cyclic N) is 1. The van der Waals surface area contributed by atoms with Crippen molar-refractivity contribution < 1.29 is 14.8 Å². The lowest BCUT2D eigenvalue weighted by molar-refractivity contribution is -0.384. The maximum absolute atomic E-state index is 10.8. The van der Waals surface area contributed by atoms with E-state index in [1.165, 1.54) is 12.1 Å². The van der Waals surface area contributed by atoms with Crippen LogP contribution in [0.1, 0.15) is 18.4 Å². The molecule has 0 aliphatic carbocycles. The lowest BCUT2D eigenvalue weighted by Gasteiger charge is -2.34. The number of nitrogens with one attached hydrogen (secondary N) is 1. The van der Waals surface area contributed by atoms with Crippen molar-refractivity contribution in [2.24, 2.45) is 0 Å². The van der Waals surface area contributed by atoms with Gasteiger partial charge < -0.3 is 20.1 Å². The molecule has 8 heteroatoms. The Kier molecular flexibility index (Phi) is 6.49. The third-order valence-electron chi connectivity index (χ3n) is 4.11. The maximum Gasteiger partial charge on any atom is 0.270 e. The minimum Gasteiger partial charge on any atom is -0.389 e. The number of nitriles is 1. The second-order valence-corrected chi connectivity index (χ2v) is 5.93. The summed E-state index contributed by atoms with van der Waals surface area (Å²) in [5.41, 5.74) is 0.821. The summed E-state index contributed by atoms with van der Waals surface area (Å²) < 4.78 is 4.93. The minimum absolute atomic E-state index is 0.0842. The SMILES string of the molecule is COCC(O)CN1CCC(Nc2ccc([N+](=O)[O-])cc2C#N)CC1. The number of nitro groups is 1. The summed E-state index contributed by atoms with van der Waals surface area (Å²) in [7, 11) is 1.57. The zero-order valence-corrected chi connectivity index (χ0v) is 13.6. The van der Waals surface area contributed by atoms with Gasteiger partial charge in [-0.25, -0.2) is 0 Å². The third kappa shape index (κ3) is 4.89. The molecular weight excluding hydrogens is 312 g/mol. The van der Waals surface area contributed by atoms with Crippen LogP contribution in [-0.2, 0) is 4.74 Å². The number of anilines is 1. The molecule has 2 N–H and O–H groups in total. The minimum atomic E-state index is -0.506. The van der Waals surface area contributed by atoms with Crippen LogP contribution in [0.5, 0.6) is 0 Å². The molecule has 0 amide bonds. The summed E-state index contributed by atoms with van der Waals surface area (Å²) in [6.07, 6.45) is 1.27. The van der Waals surface area contributed by atoms with E-state index in [-0.39, 0.29) is 17.3 Å². The second-order valence-electron chi connectivity index (χ2n) is 5.93. The van der Waals surface area contributed by atoms with Crippen LogP contribution in [0.15, 0.2) is 18.2 Å². The molecule has 130 valence electrons. The molecule has 1 unspecified atom stereocenters.